The number of nitrogens with zero attached hydrogens (tertiary/aromatic N) is 4. The SMILES string of the molecule is CC(C)(C)c1nc2ccccc2n1-c1cccc(-c2ccccc2-c2ccccc2-c2nc(-c3ccccc3)cc(-c3cccc(-c4ccc(N)cc4)c3)n2)c1. The zero-order valence-electron chi connectivity index (χ0n) is 31.7. The van der Waals surface area contributed by atoms with Gasteiger partial charge in [-0.15, -0.1) is 0 Å². The van der Waals surface area contributed by atoms with Crippen molar-refractivity contribution in [1.82, 2.24) is 19.5 Å². The van der Waals surface area contributed by atoms with Crippen LogP contribution in [-0.2, 0) is 5.41 Å². The second-order valence-corrected chi connectivity index (χ2v) is 15.2. The lowest BCUT2D eigenvalue weighted by atomic mass is 9.91. The largest absolute Gasteiger partial charge is 0.399 e. The van der Waals surface area contributed by atoms with E-state index in [0.717, 1.165) is 89.7 Å². The fourth-order valence-corrected chi connectivity index (χ4v) is 7.49. The standard InChI is InChI=1S/C51H41N5/c1-51(2,3)50-55-45-25-11-12-26-48(45)56(50)40-20-14-18-37(32-40)41-21-7-8-22-42(41)43-23-9-10-24-44(43)49-53-46(35-15-5-4-6-16-35)33-47(54-49)38-19-13-17-36(31-38)34-27-29-39(52)30-28-34/h4-33H,52H2,1-3H3. The third kappa shape index (κ3) is 6.65. The molecule has 5 heteroatoms. The van der Waals surface area contributed by atoms with Crippen molar-refractivity contribution in [2.75, 3.05) is 5.73 Å². The smallest absolute Gasteiger partial charge is 0.161 e. The molecule has 0 aliphatic carbocycles. The molecule has 0 saturated carbocycles. The van der Waals surface area contributed by atoms with Crippen molar-refractivity contribution in [3.05, 3.63) is 188 Å². The zero-order valence-corrected chi connectivity index (χ0v) is 31.7. The highest BCUT2D eigenvalue weighted by atomic mass is 15.1. The quantitative estimate of drug-likeness (QED) is 0.166. The van der Waals surface area contributed by atoms with Gasteiger partial charge in [0, 0.05) is 33.5 Å². The summed E-state index contributed by atoms with van der Waals surface area (Å²) >= 11 is 0. The van der Waals surface area contributed by atoms with Crippen LogP contribution in [0.1, 0.15) is 26.6 Å². The van der Waals surface area contributed by atoms with E-state index in [9.17, 15) is 0 Å². The highest BCUT2D eigenvalue weighted by molar-refractivity contribution is 5.91. The van der Waals surface area contributed by atoms with Gasteiger partial charge in [-0.3, -0.25) is 4.57 Å². The molecule has 0 aliphatic heterocycles. The summed E-state index contributed by atoms with van der Waals surface area (Å²) in [6.45, 7) is 6.66. The second kappa shape index (κ2) is 14.3. The van der Waals surface area contributed by atoms with Crippen LogP contribution in [0, 0.1) is 0 Å². The van der Waals surface area contributed by atoms with E-state index < -0.39 is 0 Å². The lowest BCUT2D eigenvalue weighted by molar-refractivity contribution is 0.539. The van der Waals surface area contributed by atoms with Crippen molar-refractivity contribution in [2.45, 2.75) is 26.2 Å². The summed E-state index contributed by atoms with van der Waals surface area (Å²) in [7, 11) is 0. The Morgan fingerprint density at radius 1 is 0.429 bits per heavy atom. The van der Waals surface area contributed by atoms with Gasteiger partial charge in [-0.2, -0.15) is 0 Å². The summed E-state index contributed by atoms with van der Waals surface area (Å²) < 4.78 is 2.31. The van der Waals surface area contributed by atoms with Gasteiger partial charge in [-0.05, 0) is 81.9 Å². The van der Waals surface area contributed by atoms with Crippen LogP contribution in [0.15, 0.2) is 182 Å². The summed E-state index contributed by atoms with van der Waals surface area (Å²) in [4.78, 5) is 15.7. The number of benzene rings is 7. The number of anilines is 1. The van der Waals surface area contributed by atoms with Crippen molar-refractivity contribution >= 4 is 16.7 Å². The van der Waals surface area contributed by atoms with Gasteiger partial charge in [-0.25, -0.2) is 15.0 Å². The Kier molecular flexibility index (Phi) is 8.83. The van der Waals surface area contributed by atoms with Gasteiger partial charge in [0.2, 0.25) is 0 Å². The minimum absolute atomic E-state index is 0.156. The molecule has 0 atom stereocenters. The zero-order chi connectivity index (χ0) is 38.2. The van der Waals surface area contributed by atoms with Crippen LogP contribution in [0.2, 0.25) is 0 Å². The molecule has 0 bridgehead atoms. The molecule has 0 radical (unpaired) electrons. The topological polar surface area (TPSA) is 69.6 Å². The molecule has 0 unspecified atom stereocenters. The van der Waals surface area contributed by atoms with E-state index in [2.05, 4.69) is 177 Å². The van der Waals surface area contributed by atoms with Gasteiger partial charge in [0.05, 0.1) is 22.4 Å². The van der Waals surface area contributed by atoms with Gasteiger partial charge in [0.25, 0.3) is 0 Å². The van der Waals surface area contributed by atoms with Crippen molar-refractivity contribution in [1.29, 1.82) is 0 Å². The van der Waals surface area contributed by atoms with Gasteiger partial charge in [0.1, 0.15) is 5.82 Å². The molecule has 2 heterocycles. The number of nitrogen functional groups attached to an aromatic ring is 1. The van der Waals surface area contributed by atoms with Gasteiger partial charge in [-0.1, -0.05) is 154 Å². The fourth-order valence-electron chi connectivity index (χ4n) is 7.49. The van der Waals surface area contributed by atoms with E-state index in [1.54, 1.807) is 0 Å². The van der Waals surface area contributed by atoms with Gasteiger partial charge >= 0.3 is 0 Å². The third-order valence-corrected chi connectivity index (χ3v) is 10.2. The number of hydrogen-bond acceptors (Lipinski definition) is 4. The summed E-state index contributed by atoms with van der Waals surface area (Å²) in [6, 6.07) is 63.2. The van der Waals surface area contributed by atoms with Crippen LogP contribution >= 0.6 is 0 Å². The molecule has 9 rings (SSSR count). The first kappa shape index (κ1) is 34.6. The van der Waals surface area contributed by atoms with Crippen LogP contribution in [-0.4, -0.2) is 19.5 Å². The van der Waals surface area contributed by atoms with Crippen molar-refractivity contribution < 1.29 is 0 Å². The predicted octanol–water partition coefficient (Wildman–Crippen LogP) is 12.7. The van der Waals surface area contributed by atoms with Crippen LogP contribution in [0.3, 0.4) is 0 Å². The maximum absolute atomic E-state index is 6.01. The normalized spacial score (nSPS) is 11.6. The molecule has 2 N–H and O–H groups in total. The first-order valence-electron chi connectivity index (χ1n) is 19.0. The van der Waals surface area contributed by atoms with Crippen molar-refractivity contribution in [2.24, 2.45) is 0 Å². The lowest BCUT2D eigenvalue weighted by Gasteiger charge is -2.21. The molecule has 5 nitrogen and oxygen atoms in total. The highest BCUT2D eigenvalue weighted by Gasteiger charge is 2.24. The molecule has 0 amide bonds. The van der Waals surface area contributed by atoms with Crippen LogP contribution in [0.5, 0.6) is 0 Å². The summed E-state index contributed by atoms with van der Waals surface area (Å²) in [6.07, 6.45) is 0. The van der Waals surface area contributed by atoms with E-state index in [-0.39, 0.29) is 5.41 Å². The van der Waals surface area contributed by atoms with E-state index >= 15 is 0 Å². The summed E-state index contributed by atoms with van der Waals surface area (Å²) in [5.74, 6) is 1.69. The number of imidazole rings is 1. The minimum Gasteiger partial charge on any atom is -0.399 e. The summed E-state index contributed by atoms with van der Waals surface area (Å²) in [5.41, 5.74) is 21.1. The summed E-state index contributed by atoms with van der Waals surface area (Å²) in [5, 5.41) is 0. The maximum Gasteiger partial charge on any atom is 0.161 e. The second-order valence-electron chi connectivity index (χ2n) is 15.2. The first-order chi connectivity index (χ1) is 27.3. The Morgan fingerprint density at radius 3 is 1.75 bits per heavy atom. The number of para-hydroxylation sites is 2. The fraction of sp³-hybridized carbons (Fsp3) is 0.0784. The average molecular weight is 724 g/mol. The third-order valence-electron chi connectivity index (χ3n) is 10.2. The van der Waals surface area contributed by atoms with E-state index in [0.29, 0.717) is 5.82 Å². The molecule has 9 aromatic rings. The van der Waals surface area contributed by atoms with E-state index in [1.807, 2.05) is 30.3 Å². The maximum atomic E-state index is 6.01. The molecule has 0 saturated heterocycles. The Labute approximate surface area is 327 Å². The van der Waals surface area contributed by atoms with Crippen LogP contribution in [0.25, 0.3) is 84.0 Å². The van der Waals surface area contributed by atoms with Gasteiger partial charge < -0.3 is 5.73 Å². The number of aromatic nitrogens is 4. The Hall–Kier alpha value is -7.11. The Bertz CT molecular complexity index is 2850. The Balaban J connectivity index is 1.19. The molecule has 270 valence electrons. The molecule has 0 spiro atoms. The number of fused-ring (bicyclic) bond motifs is 1. The van der Waals surface area contributed by atoms with E-state index in [4.69, 9.17) is 20.7 Å². The molecular weight excluding hydrogens is 683 g/mol. The average Bonchev–Trinajstić information content (AvgIpc) is 3.65. The molecule has 0 fully saturated rings. The van der Waals surface area contributed by atoms with Gasteiger partial charge in [0.15, 0.2) is 5.82 Å². The lowest BCUT2D eigenvalue weighted by Crippen LogP contribution is -2.18. The van der Waals surface area contributed by atoms with Crippen LogP contribution < -0.4 is 5.73 Å². The Morgan fingerprint density at radius 2 is 1.00 bits per heavy atom. The van der Waals surface area contributed by atoms with E-state index in [1.165, 1.54) is 0 Å². The molecule has 7 aromatic carbocycles. The highest BCUT2D eigenvalue weighted by Crippen LogP contribution is 2.40. The minimum atomic E-state index is -0.156. The first-order valence-corrected chi connectivity index (χ1v) is 19.0. The molecule has 0 aliphatic rings. The number of hydrogen-bond donors (Lipinski definition) is 1. The molecule has 2 aromatic heterocycles. The number of rotatable bonds is 7. The molecule has 56 heavy (non-hydrogen) atoms. The van der Waals surface area contributed by atoms with Crippen molar-refractivity contribution in [3.63, 3.8) is 0 Å². The van der Waals surface area contributed by atoms with Crippen molar-refractivity contribution in [3.8, 4) is 73.0 Å². The predicted molar refractivity (Wildman–Crippen MR) is 232 cm³/mol. The monoisotopic (exact) mass is 723 g/mol. The number of nitrogens with two attached hydrogens (primary N) is 1. The molecular formula is C51H41N5. The van der Waals surface area contributed by atoms with Crippen LogP contribution in [0.4, 0.5) is 5.69 Å².